The van der Waals surface area contributed by atoms with Gasteiger partial charge in [-0.25, -0.2) is 4.39 Å². The van der Waals surface area contributed by atoms with Crippen molar-refractivity contribution in [3.63, 3.8) is 0 Å². The van der Waals surface area contributed by atoms with E-state index in [4.69, 9.17) is 0 Å². The predicted molar refractivity (Wildman–Crippen MR) is 62.8 cm³/mol. The first-order valence-electron chi connectivity index (χ1n) is 5.79. The molecule has 0 saturated carbocycles. The highest BCUT2D eigenvalue weighted by molar-refractivity contribution is 6.05. The summed E-state index contributed by atoms with van der Waals surface area (Å²) in [7, 11) is 0. The third-order valence-electron chi connectivity index (χ3n) is 3.03. The van der Waals surface area contributed by atoms with Crippen LogP contribution in [0.25, 0.3) is 0 Å². The van der Waals surface area contributed by atoms with Gasteiger partial charge in [0.2, 0.25) is 11.7 Å². The van der Waals surface area contributed by atoms with Crippen molar-refractivity contribution in [3.05, 3.63) is 39.4 Å². The SMILES string of the molecule is CC1CC(=O)N(C(=O)c2cc(F)c([N+](=O)[O-])cc2F)C1. The number of nitrogens with zero attached hydrogens (tertiary/aromatic N) is 2. The van der Waals surface area contributed by atoms with Crippen LogP contribution >= 0.6 is 0 Å². The predicted octanol–water partition coefficient (Wildman–Crippen LogP) is 1.88. The van der Waals surface area contributed by atoms with Crippen molar-refractivity contribution < 1.29 is 23.3 Å². The summed E-state index contributed by atoms with van der Waals surface area (Å²) in [6.07, 6.45) is 0.156. The number of carbonyl (C=O) groups is 2. The van der Waals surface area contributed by atoms with E-state index in [1.54, 1.807) is 6.92 Å². The summed E-state index contributed by atoms with van der Waals surface area (Å²) in [5.41, 5.74) is -1.74. The monoisotopic (exact) mass is 284 g/mol. The maximum absolute atomic E-state index is 13.7. The number of hydrogen-bond acceptors (Lipinski definition) is 4. The Kier molecular flexibility index (Phi) is 3.47. The molecule has 106 valence electrons. The summed E-state index contributed by atoms with van der Waals surface area (Å²) < 4.78 is 27.1. The summed E-state index contributed by atoms with van der Waals surface area (Å²) in [6, 6.07) is 0.790. The van der Waals surface area contributed by atoms with Crippen molar-refractivity contribution >= 4 is 17.5 Å². The van der Waals surface area contributed by atoms with E-state index in [0.717, 1.165) is 4.90 Å². The summed E-state index contributed by atoms with van der Waals surface area (Å²) >= 11 is 0. The lowest BCUT2D eigenvalue weighted by Gasteiger charge is -2.14. The number of amides is 2. The molecule has 2 rings (SSSR count). The van der Waals surface area contributed by atoms with Crippen LogP contribution < -0.4 is 0 Å². The summed E-state index contributed by atoms with van der Waals surface area (Å²) in [4.78, 5) is 33.7. The van der Waals surface area contributed by atoms with E-state index >= 15 is 0 Å². The molecule has 0 N–H and O–H groups in total. The molecule has 1 unspecified atom stereocenters. The second-order valence-corrected chi connectivity index (χ2v) is 4.66. The fourth-order valence-electron chi connectivity index (χ4n) is 2.07. The molecule has 1 aliphatic rings. The lowest BCUT2D eigenvalue weighted by atomic mass is 10.1. The Morgan fingerprint density at radius 3 is 2.55 bits per heavy atom. The molecule has 1 aliphatic heterocycles. The van der Waals surface area contributed by atoms with E-state index in [1.165, 1.54) is 0 Å². The van der Waals surface area contributed by atoms with Gasteiger partial charge in [-0.3, -0.25) is 24.6 Å². The molecule has 8 heteroatoms. The fraction of sp³-hybridized carbons (Fsp3) is 0.333. The minimum absolute atomic E-state index is 0.0580. The van der Waals surface area contributed by atoms with Crippen molar-refractivity contribution in [2.75, 3.05) is 6.54 Å². The first kappa shape index (κ1) is 14.0. The molecule has 1 atom stereocenters. The second kappa shape index (κ2) is 4.95. The van der Waals surface area contributed by atoms with E-state index in [-0.39, 0.29) is 18.9 Å². The first-order chi connectivity index (χ1) is 9.31. The highest BCUT2D eigenvalue weighted by Gasteiger charge is 2.34. The largest absolute Gasteiger partial charge is 0.307 e. The number of likely N-dealkylation sites (tertiary alicyclic amines) is 1. The number of carbonyl (C=O) groups excluding carboxylic acids is 2. The molecule has 1 saturated heterocycles. The number of rotatable bonds is 2. The van der Waals surface area contributed by atoms with E-state index in [2.05, 4.69) is 0 Å². The van der Waals surface area contributed by atoms with Crippen LogP contribution in [0.2, 0.25) is 0 Å². The molecule has 1 fully saturated rings. The minimum atomic E-state index is -1.32. The Labute approximate surface area is 112 Å². The highest BCUT2D eigenvalue weighted by atomic mass is 19.1. The summed E-state index contributed by atoms with van der Waals surface area (Å²) in [6.45, 7) is 1.87. The Morgan fingerprint density at radius 1 is 1.40 bits per heavy atom. The third kappa shape index (κ3) is 2.36. The van der Waals surface area contributed by atoms with Gasteiger partial charge in [0.1, 0.15) is 5.82 Å². The van der Waals surface area contributed by atoms with E-state index in [0.29, 0.717) is 12.1 Å². The zero-order valence-electron chi connectivity index (χ0n) is 10.4. The van der Waals surface area contributed by atoms with Crippen molar-refractivity contribution in [3.8, 4) is 0 Å². The van der Waals surface area contributed by atoms with Crippen molar-refractivity contribution in [1.29, 1.82) is 0 Å². The first-order valence-corrected chi connectivity index (χ1v) is 5.79. The zero-order chi connectivity index (χ0) is 15.0. The van der Waals surface area contributed by atoms with Gasteiger partial charge in [-0.2, -0.15) is 4.39 Å². The molecule has 20 heavy (non-hydrogen) atoms. The van der Waals surface area contributed by atoms with Gasteiger partial charge in [-0.1, -0.05) is 6.92 Å². The molecular formula is C12H10F2N2O4. The number of imide groups is 1. The minimum Gasteiger partial charge on any atom is -0.278 e. The molecular weight excluding hydrogens is 274 g/mol. The fourth-order valence-corrected chi connectivity index (χ4v) is 2.07. The Hall–Kier alpha value is -2.38. The summed E-state index contributed by atoms with van der Waals surface area (Å²) in [5.74, 6) is -4.06. The van der Waals surface area contributed by atoms with Crippen molar-refractivity contribution in [1.82, 2.24) is 4.90 Å². The number of benzene rings is 1. The van der Waals surface area contributed by atoms with Crippen LogP contribution in [0.5, 0.6) is 0 Å². The Bertz CT molecular complexity index is 618. The van der Waals surface area contributed by atoms with Gasteiger partial charge < -0.3 is 0 Å². The molecule has 2 amide bonds. The molecule has 1 aromatic carbocycles. The standard InChI is InChI=1S/C12H10F2N2O4/c1-6-2-11(17)15(5-6)12(18)7-3-9(14)10(16(19)20)4-8(7)13/h3-4,6H,2,5H2,1H3. The number of nitro groups is 1. The van der Waals surface area contributed by atoms with Gasteiger partial charge in [0.15, 0.2) is 0 Å². The Balaban J connectivity index is 2.38. The molecule has 0 bridgehead atoms. The van der Waals surface area contributed by atoms with Crippen molar-refractivity contribution in [2.24, 2.45) is 5.92 Å². The van der Waals surface area contributed by atoms with Gasteiger partial charge in [0, 0.05) is 13.0 Å². The van der Waals surface area contributed by atoms with Crippen LogP contribution in [-0.4, -0.2) is 28.2 Å². The van der Waals surface area contributed by atoms with Crippen LogP contribution in [0.15, 0.2) is 12.1 Å². The number of halogens is 2. The van der Waals surface area contributed by atoms with Crippen molar-refractivity contribution in [2.45, 2.75) is 13.3 Å². The molecule has 6 nitrogen and oxygen atoms in total. The van der Waals surface area contributed by atoms with E-state index in [1.807, 2.05) is 0 Å². The van der Waals surface area contributed by atoms with Gasteiger partial charge in [0.25, 0.3) is 5.91 Å². The molecule has 0 spiro atoms. The second-order valence-electron chi connectivity index (χ2n) is 4.66. The van der Waals surface area contributed by atoms with E-state index in [9.17, 15) is 28.5 Å². The summed E-state index contributed by atoms with van der Waals surface area (Å²) in [5, 5.41) is 10.5. The zero-order valence-corrected chi connectivity index (χ0v) is 10.4. The molecule has 0 radical (unpaired) electrons. The smallest absolute Gasteiger partial charge is 0.278 e. The highest BCUT2D eigenvalue weighted by Crippen LogP contribution is 2.25. The lowest BCUT2D eigenvalue weighted by molar-refractivity contribution is -0.387. The van der Waals surface area contributed by atoms with Crippen LogP contribution in [0.4, 0.5) is 14.5 Å². The molecule has 0 aromatic heterocycles. The number of hydrogen-bond donors (Lipinski definition) is 0. The molecule has 1 heterocycles. The maximum Gasteiger partial charge on any atom is 0.307 e. The van der Waals surface area contributed by atoms with Crippen LogP contribution in [0, 0.1) is 27.7 Å². The lowest BCUT2D eigenvalue weighted by Crippen LogP contribution is -2.33. The molecule has 1 aromatic rings. The average Bonchev–Trinajstić information content (AvgIpc) is 2.69. The van der Waals surface area contributed by atoms with Crippen LogP contribution in [0.1, 0.15) is 23.7 Å². The third-order valence-corrected chi connectivity index (χ3v) is 3.03. The topological polar surface area (TPSA) is 80.5 Å². The van der Waals surface area contributed by atoms with Gasteiger partial charge in [-0.15, -0.1) is 0 Å². The normalized spacial score (nSPS) is 18.4. The van der Waals surface area contributed by atoms with Gasteiger partial charge >= 0.3 is 5.69 Å². The Morgan fingerprint density at radius 2 is 2.05 bits per heavy atom. The maximum atomic E-state index is 13.7. The van der Waals surface area contributed by atoms with Crippen LogP contribution in [-0.2, 0) is 4.79 Å². The average molecular weight is 284 g/mol. The molecule has 0 aliphatic carbocycles. The van der Waals surface area contributed by atoms with Crippen LogP contribution in [0.3, 0.4) is 0 Å². The number of nitro benzene ring substituents is 1. The van der Waals surface area contributed by atoms with Gasteiger partial charge in [-0.05, 0) is 12.0 Å². The quantitative estimate of drug-likeness (QED) is 0.472. The van der Waals surface area contributed by atoms with Gasteiger partial charge in [0.05, 0.1) is 16.6 Å². The van der Waals surface area contributed by atoms with E-state index < -0.39 is 39.6 Å².